The Morgan fingerprint density at radius 3 is 2.91 bits per heavy atom. The molecule has 0 unspecified atom stereocenters. The molecule has 2 rings (SSSR count). The van der Waals surface area contributed by atoms with Crippen LogP contribution in [0.1, 0.15) is 30.1 Å². The first kappa shape index (κ1) is 16.8. The second-order valence-corrected chi connectivity index (χ2v) is 5.91. The molecule has 0 radical (unpaired) electrons. The lowest BCUT2D eigenvalue weighted by Gasteiger charge is -2.28. The molecule has 0 spiro atoms. The quantitative estimate of drug-likeness (QED) is 0.865. The number of nitrogens with zero attached hydrogens (tertiary/aromatic N) is 1. The van der Waals surface area contributed by atoms with Crippen LogP contribution in [0.15, 0.2) is 18.2 Å². The van der Waals surface area contributed by atoms with Gasteiger partial charge in [0.25, 0.3) is 0 Å². The van der Waals surface area contributed by atoms with E-state index in [4.69, 9.17) is 16.3 Å². The minimum atomic E-state index is -0.485. The monoisotopic (exact) mass is 324 g/mol. The van der Waals surface area contributed by atoms with E-state index in [-0.39, 0.29) is 24.0 Å². The van der Waals surface area contributed by atoms with Crippen LogP contribution in [0.2, 0.25) is 5.02 Å². The van der Waals surface area contributed by atoms with Crippen LogP contribution in [0.4, 0.5) is 5.69 Å². The number of rotatable bonds is 4. The normalized spacial score (nSPS) is 18.8. The third kappa shape index (κ3) is 4.21. The summed E-state index contributed by atoms with van der Waals surface area (Å²) in [7, 11) is 2.01. The number of halogens is 1. The van der Waals surface area contributed by atoms with Gasteiger partial charge in [-0.25, -0.2) is 4.79 Å². The molecule has 1 aromatic rings. The van der Waals surface area contributed by atoms with Crippen LogP contribution >= 0.6 is 11.6 Å². The van der Waals surface area contributed by atoms with Gasteiger partial charge in [-0.2, -0.15) is 0 Å². The molecular formula is C16H21ClN2O3. The smallest absolute Gasteiger partial charge is 0.339 e. The summed E-state index contributed by atoms with van der Waals surface area (Å²) in [4.78, 5) is 26.3. The molecule has 1 fully saturated rings. The lowest BCUT2D eigenvalue weighted by atomic mass is 9.97. The fourth-order valence-electron chi connectivity index (χ4n) is 2.59. The van der Waals surface area contributed by atoms with E-state index in [1.54, 1.807) is 25.1 Å². The van der Waals surface area contributed by atoms with Crippen LogP contribution in [0.25, 0.3) is 0 Å². The van der Waals surface area contributed by atoms with Crippen molar-refractivity contribution in [3.05, 3.63) is 28.8 Å². The number of hydrogen-bond donors (Lipinski definition) is 1. The van der Waals surface area contributed by atoms with Crippen LogP contribution < -0.4 is 5.32 Å². The van der Waals surface area contributed by atoms with Crippen molar-refractivity contribution in [2.24, 2.45) is 5.92 Å². The highest BCUT2D eigenvalue weighted by atomic mass is 35.5. The Bertz CT molecular complexity index is 562. The SMILES string of the molecule is CCOC(=O)c1cc(NC(=O)[C@@H]2CCCN(C)C2)ccc1Cl. The number of benzene rings is 1. The number of amides is 1. The zero-order valence-corrected chi connectivity index (χ0v) is 13.7. The van der Waals surface area contributed by atoms with Gasteiger partial charge in [0.1, 0.15) is 0 Å². The van der Waals surface area contributed by atoms with Gasteiger partial charge in [-0.1, -0.05) is 11.6 Å². The summed E-state index contributed by atoms with van der Waals surface area (Å²) in [5.74, 6) is -0.537. The highest BCUT2D eigenvalue weighted by molar-refractivity contribution is 6.33. The van der Waals surface area contributed by atoms with Gasteiger partial charge in [0.2, 0.25) is 5.91 Å². The minimum absolute atomic E-state index is 0.0244. The maximum absolute atomic E-state index is 12.3. The molecule has 1 atom stereocenters. The number of carbonyl (C=O) groups excluding carboxylic acids is 2. The van der Waals surface area contributed by atoms with Crippen molar-refractivity contribution in [3.63, 3.8) is 0 Å². The molecule has 0 aromatic heterocycles. The summed E-state index contributed by atoms with van der Waals surface area (Å²) in [5.41, 5.74) is 0.827. The number of nitrogens with one attached hydrogen (secondary N) is 1. The topological polar surface area (TPSA) is 58.6 Å². The average molecular weight is 325 g/mol. The number of carbonyl (C=O) groups is 2. The number of ether oxygens (including phenoxy) is 1. The van der Waals surface area contributed by atoms with Gasteiger partial charge in [-0.3, -0.25) is 4.79 Å². The summed E-state index contributed by atoms with van der Waals surface area (Å²) < 4.78 is 4.96. The van der Waals surface area contributed by atoms with Crippen LogP contribution in [0.5, 0.6) is 0 Å². The first-order chi connectivity index (χ1) is 10.5. The van der Waals surface area contributed by atoms with E-state index in [0.717, 1.165) is 25.9 Å². The van der Waals surface area contributed by atoms with E-state index in [0.29, 0.717) is 10.7 Å². The summed E-state index contributed by atoms with van der Waals surface area (Å²) in [5, 5.41) is 3.18. The van der Waals surface area contributed by atoms with E-state index in [1.807, 2.05) is 7.05 Å². The molecule has 120 valence electrons. The lowest BCUT2D eigenvalue weighted by Crippen LogP contribution is -2.38. The Balaban J connectivity index is 2.07. The third-order valence-electron chi connectivity index (χ3n) is 3.72. The summed E-state index contributed by atoms with van der Waals surface area (Å²) >= 11 is 6.01. The standard InChI is InChI=1S/C16H21ClN2O3/c1-3-22-16(21)13-9-12(6-7-14(13)17)18-15(20)11-5-4-8-19(2)10-11/h6-7,9,11H,3-5,8,10H2,1-2H3,(H,18,20)/t11-/m1/s1. The second-order valence-electron chi connectivity index (χ2n) is 5.51. The predicted octanol–water partition coefficient (Wildman–Crippen LogP) is 2.80. The van der Waals surface area contributed by atoms with Gasteiger partial charge >= 0.3 is 5.97 Å². The van der Waals surface area contributed by atoms with Crippen molar-refractivity contribution >= 4 is 29.2 Å². The Hall–Kier alpha value is -1.59. The van der Waals surface area contributed by atoms with E-state index in [1.165, 1.54) is 0 Å². The van der Waals surface area contributed by atoms with Crippen molar-refractivity contribution in [2.45, 2.75) is 19.8 Å². The lowest BCUT2D eigenvalue weighted by molar-refractivity contribution is -0.121. The zero-order valence-electron chi connectivity index (χ0n) is 12.9. The van der Waals surface area contributed by atoms with Crippen molar-refractivity contribution in [1.29, 1.82) is 0 Å². The summed E-state index contributed by atoms with van der Waals surface area (Å²) in [6.45, 7) is 3.79. The molecule has 22 heavy (non-hydrogen) atoms. The molecule has 5 nitrogen and oxygen atoms in total. The molecule has 1 N–H and O–H groups in total. The van der Waals surface area contributed by atoms with Gasteiger partial charge in [0, 0.05) is 12.2 Å². The third-order valence-corrected chi connectivity index (χ3v) is 4.05. The second kappa shape index (κ2) is 7.61. The zero-order chi connectivity index (χ0) is 16.1. The number of anilines is 1. The Morgan fingerprint density at radius 1 is 1.45 bits per heavy atom. The van der Waals surface area contributed by atoms with Gasteiger partial charge in [0.05, 0.1) is 23.1 Å². The first-order valence-corrected chi connectivity index (χ1v) is 7.85. The van der Waals surface area contributed by atoms with Crippen molar-refractivity contribution < 1.29 is 14.3 Å². The highest BCUT2D eigenvalue weighted by Crippen LogP contribution is 2.23. The number of hydrogen-bond acceptors (Lipinski definition) is 4. The molecule has 6 heteroatoms. The number of likely N-dealkylation sites (tertiary alicyclic amines) is 1. The fraction of sp³-hybridized carbons (Fsp3) is 0.500. The largest absolute Gasteiger partial charge is 0.462 e. The molecule has 0 bridgehead atoms. The maximum Gasteiger partial charge on any atom is 0.339 e. The van der Waals surface area contributed by atoms with E-state index >= 15 is 0 Å². The molecule has 1 saturated heterocycles. The van der Waals surface area contributed by atoms with Crippen molar-refractivity contribution in [1.82, 2.24) is 4.90 Å². The van der Waals surface area contributed by atoms with Gasteiger partial charge in [0.15, 0.2) is 0 Å². The van der Waals surface area contributed by atoms with Gasteiger partial charge in [-0.15, -0.1) is 0 Å². The fourth-order valence-corrected chi connectivity index (χ4v) is 2.79. The van der Waals surface area contributed by atoms with Crippen molar-refractivity contribution in [3.8, 4) is 0 Å². The van der Waals surface area contributed by atoms with Gasteiger partial charge in [-0.05, 0) is 51.6 Å². The molecule has 1 amide bonds. The minimum Gasteiger partial charge on any atom is -0.462 e. The van der Waals surface area contributed by atoms with Crippen LogP contribution in [-0.2, 0) is 9.53 Å². The number of piperidine rings is 1. The van der Waals surface area contributed by atoms with Crippen LogP contribution in [0, 0.1) is 5.92 Å². The average Bonchev–Trinajstić information content (AvgIpc) is 2.49. The molecule has 1 aliphatic heterocycles. The first-order valence-electron chi connectivity index (χ1n) is 7.47. The molecule has 0 aliphatic carbocycles. The molecule has 1 aromatic carbocycles. The predicted molar refractivity (Wildman–Crippen MR) is 86.3 cm³/mol. The molecule has 0 saturated carbocycles. The Kier molecular flexibility index (Phi) is 5.80. The maximum atomic E-state index is 12.3. The Morgan fingerprint density at radius 2 is 2.23 bits per heavy atom. The van der Waals surface area contributed by atoms with E-state index in [2.05, 4.69) is 10.2 Å². The van der Waals surface area contributed by atoms with E-state index < -0.39 is 5.97 Å². The van der Waals surface area contributed by atoms with Crippen molar-refractivity contribution in [2.75, 3.05) is 32.1 Å². The molecule has 1 aliphatic rings. The summed E-state index contributed by atoms with van der Waals surface area (Å²) in [6.07, 6.45) is 1.90. The summed E-state index contributed by atoms with van der Waals surface area (Å²) in [6, 6.07) is 4.84. The van der Waals surface area contributed by atoms with E-state index in [9.17, 15) is 9.59 Å². The number of esters is 1. The van der Waals surface area contributed by atoms with Crippen LogP contribution in [-0.4, -0.2) is 43.5 Å². The highest BCUT2D eigenvalue weighted by Gasteiger charge is 2.24. The van der Waals surface area contributed by atoms with Gasteiger partial charge < -0.3 is 15.0 Å². The molecular weight excluding hydrogens is 304 g/mol. The molecule has 1 heterocycles. The van der Waals surface area contributed by atoms with Crippen LogP contribution in [0.3, 0.4) is 0 Å². The Labute approximate surface area is 135 Å².